The van der Waals surface area contributed by atoms with Crippen LogP contribution in [0.1, 0.15) is 12.0 Å². The summed E-state index contributed by atoms with van der Waals surface area (Å²) in [6.45, 7) is 2.46. The Kier molecular flexibility index (Phi) is 7.97. The third-order valence-corrected chi connectivity index (χ3v) is 3.22. The molecule has 1 aromatic carbocycles. The largest absolute Gasteiger partial charge is 0.491 e. The van der Waals surface area contributed by atoms with E-state index in [9.17, 15) is 0 Å². The second-order valence-corrected chi connectivity index (χ2v) is 5.11. The average molecular weight is 348 g/mol. The van der Waals surface area contributed by atoms with E-state index in [4.69, 9.17) is 32.2 Å². The standard InChI is InChI=1S/C13H18BrNO3S/c1-16-5-2-6-17-7-8-18-10-3-4-11(13(15)19)12(14)9-10/h3-4,9H,2,5-8H2,1H3,(H2,15,19). The van der Waals surface area contributed by atoms with Gasteiger partial charge in [0.2, 0.25) is 0 Å². The van der Waals surface area contributed by atoms with Crippen molar-refractivity contribution in [2.75, 3.05) is 33.5 Å². The molecule has 2 N–H and O–H groups in total. The van der Waals surface area contributed by atoms with E-state index in [0.29, 0.717) is 31.4 Å². The quantitative estimate of drug-likeness (QED) is 0.549. The first-order valence-electron chi connectivity index (χ1n) is 5.94. The normalized spacial score (nSPS) is 10.4. The third kappa shape index (κ3) is 6.33. The summed E-state index contributed by atoms with van der Waals surface area (Å²) in [5, 5.41) is 0. The summed E-state index contributed by atoms with van der Waals surface area (Å²) in [6, 6.07) is 5.52. The summed E-state index contributed by atoms with van der Waals surface area (Å²) in [6.07, 6.45) is 0.894. The Morgan fingerprint density at radius 2 is 2.05 bits per heavy atom. The number of benzene rings is 1. The molecule has 0 fully saturated rings. The smallest absolute Gasteiger partial charge is 0.120 e. The van der Waals surface area contributed by atoms with Crippen LogP contribution in [0.2, 0.25) is 0 Å². The van der Waals surface area contributed by atoms with E-state index in [2.05, 4.69) is 15.9 Å². The van der Waals surface area contributed by atoms with Gasteiger partial charge in [-0.05, 0) is 40.5 Å². The number of halogens is 1. The molecule has 1 rings (SSSR count). The van der Waals surface area contributed by atoms with Crippen molar-refractivity contribution in [1.82, 2.24) is 0 Å². The highest BCUT2D eigenvalue weighted by atomic mass is 79.9. The van der Waals surface area contributed by atoms with Crippen LogP contribution < -0.4 is 10.5 Å². The molecule has 1 aromatic rings. The molecular formula is C13H18BrNO3S. The Balaban J connectivity index is 2.26. The summed E-state index contributed by atoms with van der Waals surface area (Å²) >= 11 is 8.33. The van der Waals surface area contributed by atoms with Crippen LogP contribution in [0.3, 0.4) is 0 Å². The molecule has 0 aliphatic carbocycles. The Morgan fingerprint density at radius 3 is 2.68 bits per heavy atom. The van der Waals surface area contributed by atoms with Gasteiger partial charge in [-0.1, -0.05) is 12.2 Å². The molecule has 0 heterocycles. The van der Waals surface area contributed by atoms with E-state index >= 15 is 0 Å². The van der Waals surface area contributed by atoms with Crippen LogP contribution in [0.5, 0.6) is 5.75 Å². The zero-order valence-corrected chi connectivity index (χ0v) is 13.3. The highest BCUT2D eigenvalue weighted by molar-refractivity contribution is 9.10. The maximum Gasteiger partial charge on any atom is 0.120 e. The Labute approximate surface area is 127 Å². The minimum Gasteiger partial charge on any atom is -0.491 e. The van der Waals surface area contributed by atoms with Crippen molar-refractivity contribution in [2.45, 2.75) is 6.42 Å². The molecule has 0 aliphatic heterocycles. The van der Waals surface area contributed by atoms with E-state index < -0.39 is 0 Å². The first-order chi connectivity index (χ1) is 9.15. The van der Waals surface area contributed by atoms with Crippen LogP contribution in [0.25, 0.3) is 0 Å². The van der Waals surface area contributed by atoms with Crippen LogP contribution in [-0.4, -0.2) is 38.5 Å². The molecule has 4 nitrogen and oxygen atoms in total. The van der Waals surface area contributed by atoms with Gasteiger partial charge < -0.3 is 19.9 Å². The van der Waals surface area contributed by atoms with Gasteiger partial charge in [0.25, 0.3) is 0 Å². The lowest BCUT2D eigenvalue weighted by atomic mass is 10.2. The zero-order valence-electron chi connectivity index (χ0n) is 10.9. The van der Waals surface area contributed by atoms with Crippen molar-refractivity contribution in [3.05, 3.63) is 28.2 Å². The van der Waals surface area contributed by atoms with E-state index in [1.807, 2.05) is 18.2 Å². The fraction of sp³-hybridized carbons (Fsp3) is 0.462. The van der Waals surface area contributed by atoms with Gasteiger partial charge in [-0.3, -0.25) is 0 Å². The van der Waals surface area contributed by atoms with Gasteiger partial charge in [0.05, 0.1) is 6.61 Å². The highest BCUT2D eigenvalue weighted by Gasteiger charge is 2.04. The average Bonchev–Trinajstić information content (AvgIpc) is 2.37. The van der Waals surface area contributed by atoms with Gasteiger partial charge >= 0.3 is 0 Å². The summed E-state index contributed by atoms with van der Waals surface area (Å²) in [5.41, 5.74) is 6.38. The molecular weight excluding hydrogens is 330 g/mol. The number of nitrogens with two attached hydrogens (primary N) is 1. The number of methoxy groups -OCH3 is 1. The highest BCUT2D eigenvalue weighted by Crippen LogP contribution is 2.23. The number of hydrogen-bond donors (Lipinski definition) is 1. The molecule has 0 spiro atoms. The molecule has 6 heteroatoms. The Bertz CT molecular complexity index is 415. The lowest BCUT2D eigenvalue weighted by molar-refractivity contribution is 0.0806. The molecule has 0 saturated carbocycles. The van der Waals surface area contributed by atoms with Crippen LogP contribution in [0, 0.1) is 0 Å². The van der Waals surface area contributed by atoms with Gasteiger partial charge in [0.1, 0.15) is 17.3 Å². The van der Waals surface area contributed by atoms with Crippen molar-refractivity contribution in [2.24, 2.45) is 5.73 Å². The van der Waals surface area contributed by atoms with Gasteiger partial charge in [0.15, 0.2) is 0 Å². The van der Waals surface area contributed by atoms with Crippen molar-refractivity contribution < 1.29 is 14.2 Å². The topological polar surface area (TPSA) is 53.7 Å². The molecule has 0 amide bonds. The van der Waals surface area contributed by atoms with Crippen LogP contribution in [0.15, 0.2) is 22.7 Å². The van der Waals surface area contributed by atoms with Gasteiger partial charge in [0, 0.05) is 30.4 Å². The molecule has 0 unspecified atom stereocenters. The first kappa shape index (κ1) is 16.4. The van der Waals surface area contributed by atoms with Gasteiger partial charge in [-0.2, -0.15) is 0 Å². The SMILES string of the molecule is COCCCOCCOc1ccc(C(N)=S)c(Br)c1. The van der Waals surface area contributed by atoms with E-state index in [-0.39, 0.29) is 0 Å². The second-order valence-electron chi connectivity index (χ2n) is 3.81. The summed E-state index contributed by atoms with van der Waals surface area (Å²) in [7, 11) is 1.68. The zero-order chi connectivity index (χ0) is 14.1. The predicted octanol–water partition coefficient (Wildman–Crippen LogP) is 2.52. The maximum absolute atomic E-state index is 5.57. The first-order valence-corrected chi connectivity index (χ1v) is 7.14. The van der Waals surface area contributed by atoms with Gasteiger partial charge in [-0.25, -0.2) is 0 Å². The van der Waals surface area contributed by atoms with E-state index in [1.54, 1.807) is 7.11 Å². The van der Waals surface area contributed by atoms with Crippen LogP contribution >= 0.6 is 28.1 Å². The van der Waals surface area contributed by atoms with Gasteiger partial charge in [-0.15, -0.1) is 0 Å². The maximum atomic E-state index is 5.57. The summed E-state index contributed by atoms with van der Waals surface area (Å²) in [5.74, 6) is 0.757. The Hall–Kier alpha value is -0.690. The molecule has 19 heavy (non-hydrogen) atoms. The Morgan fingerprint density at radius 1 is 1.26 bits per heavy atom. The molecule has 0 aliphatic rings. The third-order valence-electron chi connectivity index (χ3n) is 2.34. The molecule has 0 radical (unpaired) electrons. The minimum absolute atomic E-state index is 0.361. The fourth-order valence-corrected chi connectivity index (χ4v) is 2.29. The lowest BCUT2D eigenvalue weighted by Gasteiger charge is -2.09. The second kappa shape index (κ2) is 9.25. The predicted molar refractivity (Wildman–Crippen MR) is 82.8 cm³/mol. The van der Waals surface area contributed by atoms with E-state index in [0.717, 1.165) is 22.2 Å². The van der Waals surface area contributed by atoms with Crippen molar-refractivity contribution >= 4 is 33.1 Å². The summed E-state index contributed by atoms with van der Waals surface area (Å²) < 4.78 is 16.7. The number of thiocarbonyl (C=S) groups is 1. The molecule has 0 saturated heterocycles. The molecule has 0 atom stereocenters. The molecule has 106 valence electrons. The van der Waals surface area contributed by atoms with Crippen molar-refractivity contribution in [3.8, 4) is 5.75 Å². The van der Waals surface area contributed by atoms with Crippen LogP contribution in [0.4, 0.5) is 0 Å². The monoisotopic (exact) mass is 347 g/mol. The lowest BCUT2D eigenvalue weighted by Crippen LogP contribution is -2.11. The minimum atomic E-state index is 0.361. The molecule has 0 aromatic heterocycles. The summed E-state index contributed by atoms with van der Waals surface area (Å²) in [4.78, 5) is 0.361. The fourth-order valence-electron chi connectivity index (χ4n) is 1.41. The van der Waals surface area contributed by atoms with Crippen LogP contribution in [-0.2, 0) is 9.47 Å². The van der Waals surface area contributed by atoms with E-state index in [1.165, 1.54) is 0 Å². The number of rotatable bonds is 9. The molecule has 0 bridgehead atoms. The van der Waals surface area contributed by atoms with Crippen molar-refractivity contribution in [3.63, 3.8) is 0 Å². The number of ether oxygens (including phenoxy) is 3. The van der Waals surface area contributed by atoms with Crippen molar-refractivity contribution in [1.29, 1.82) is 0 Å². The number of hydrogen-bond acceptors (Lipinski definition) is 4.